The van der Waals surface area contributed by atoms with Crippen molar-refractivity contribution in [3.63, 3.8) is 0 Å². The van der Waals surface area contributed by atoms with Crippen LogP contribution in [0.15, 0.2) is 109 Å². The van der Waals surface area contributed by atoms with Gasteiger partial charge in [-0.1, -0.05) is 97.1 Å². The van der Waals surface area contributed by atoms with Crippen molar-refractivity contribution in [1.82, 2.24) is 9.97 Å². The lowest BCUT2D eigenvalue weighted by Gasteiger charge is -2.26. The van der Waals surface area contributed by atoms with Gasteiger partial charge in [-0.15, -0.1) is 0 Å². The topological polar surface area (TPSA) is 25.8 Å². The molecule has 2 heterocycles. The van der Waals surface area contributed by atoms with Crippen LogP contribution in [0.3, 0.4) is 0 Å². The molecule has 2 nitrogen and oxygen atoms in total. The maximum atomic E-state index is 5.25. The highest BCUT2D eigenvalue weighted by Gasteiger charge is 2.27. The Balaban J connectivity index is 1.48. The highest BCUT2D eigenvalue weighted by Crippen LogP contribution is 2.40. The average molecular weight is 463 g/mol. The van der Waals surface area contributed by atoms with Crippen LogP contribution in [0.25, 0.3) is 33.2 Å². The van der Waals surface area contributed by atoms with E-state index in [0.717, 1.165) is 48.1 Å². The number of pyridine rings is 2. The Kier molecular flexibility index (Phi) is 5.10. The van der Waals surface area contributed by atoms with E-state index in [0.29, 0.717) is 0 Å². The summed E-state index contributed by atoms with van der Waals surface area (Å²) in [4.78, 5) is 10.5. The summed E-state index contributed by atoms with van der Waals surface area (Å²) in [5, 5.41) is 2.52. The summed E-state index contributed by atoms with van der Waals surface area (Å²) in [7, 11) is 0. The lowest BCUT2D eigenvalue weighted by molar-refractivity contribution is 0.889. The summed E-state index contributed by atoms with van der Waals surface area (Å²) in [6.07, 6.45) is 3.80. The van der Waals surface area contributed by atoms with Gasteiger partial charge in [0, 0.05) is 10.8 Å². The fraction of sp³-hybridized carbons (Fsp3) is 0.118. The molecule has 0 atom stereocenters. The molecule has 2 aromatic heterocycles. The van der Waals surface area contributed by atoms with Crippen molar-refractivity contribution < 1.29 is 0 Å². The lowest BCUT2D eigenvalue weighted by atomic mass is 9.82. The zero-order valence-electron chi connectivity index (χ0n) is 20.1. The molecular weight excluding hydrogens is 436 g/mol. The first-order valence-electron chi connectivity index (χ1n) is 12.7. The third-order valence-corrected chi connectivity index (χ3v) is 7.52. The number of nitrogens with zero attached hydrogens (tertiary/aromatic N) is 2. The van der Waals surface area contributed by atoms with E-state index in [1.54, 1.807) is 0 Å². The highest BCUT2D eigenvalue weighted by molar-refractivity contribution is 5.92. The fourth-order valence-electron chi connectivity index (χ4n) is 5.82. The SMILES string of the molecule is c1ccc(Cc2c3c(nc4ccccc24)-c2nc4ccccc4c(Cc4ccccc4)c2CC3)cc1. The molecule has 0 fully saturated rings. The lowest BCUT2D eigenvalue weighted by Crippen LogP contribution is -2.14. The van der Waals surface area contributed by atoms with Crippen molar-refractivity contribution >= 4 is 21.8 Å². The normalized spacial score (nSPS) is 12.4. The van der Waals surface area contributed by atoms with Gasteiger partial charge in [0.05, 0.1) is 22.4 Å². The van der Waals surface area contributed by atoms with Crippen LogP contribution < -0.4 is 0 Å². The molecule has 0 N–H and O–H groups in total. The Morgan fingerprint density at radius 2 is 0.833 bits per heavy atom. The summed E-state index contributed by atoms with van der Waals surface area (Å²) in [6, 6.07) is 38.8. The second kappa shape index (κ2) is 8.73. The number of aromatic nitrogens is 2. The first-order chi connectivity index (χ1) is 17.8. The van der Waals surface area contributed by atoms with E-state index >= 15 is 0 Å². The Morgan fingerprint density at radius 1 is 0.444 bits per heavy atom. The zero-order valence-corrected chi connectivity index (χ0v) is 20.1. The van der Waals surface area contributed by atoms with Crippen LogP contribution in [0, 0.1) is 0 Å². The summed E-state index contributed by atoms with van der Waals surface area (Å²) in [5.41, 5.74) is 12.4. The number of hydrogen-bond donors (Lipinski definition) is 0. The minimum Gasteiger partial charge on any atom is -0.246 e. The zero-order chi connectivity index (χ0) is 23.9. The molecule has 1 aliphatic carbocycles. The average Bonchev–Trinajstić information content (AvgIpc) is 2.94. The summed E-state index contributed by atoms with van der Waals surface area (Å²) in [6.45, 7) is 0. The van der Waals surface area contributed by atoms with Gasteiger partial charge in [0.1, 0.15) is 0 Å². The van der Waals surface area contributed by atoms with Crippen LogP contribution in [-0.2, 0) is 25.7 Å². The molecule has 2 heteroatoms. The van der Waals surface area contributed by atoms with Crippen molar-refractivity contribution in [3.05, 3.63) is 143 Å². The van der Waals surface area contributed by atoms with Gasteiger partial charge in [-0.25, -0.2) is 9.97 Å². The molecule has 4 aromatic carbocycles. The standard InChI is InChI=1S/C34H26N2/c1-3-11-23(12-4-1)21-29-25-15-7-9-17-31(25)35-33-27(29)19-20-28-30(22-24-13-5-2-6-14-24)26-16-8-10-18-32(26)36-34(28)33/h1-18H,19-22H2. The number of para-hydroxylation sites is 2. The second-order valence-corrected chi connectivity index (χ2v) is 9.69. The summed E-state index contributed by atoms with van der Waals surface area (Å²) < 4.78 is 0. The molecule has 0 saturated heterocycles. The van der Waals surface area contributed by atoms with Crippen LogP contribution in [0.5, 0.6) is 0 Å². The van der Waals surface area contributed by atoms with Crippen LogP contribution in [-0.4, -0.2) is 9.97 Å². The van der Waals surface area contributed by atoms with E-state index < -0.39 is 0 Å². The molecule has 36 heavy (non-hydrogen) atoms. The molecule has 0 unspecified atom stereocenters. The number of fused-ring (bicyclic) bond motifs is 5. The number of benzene rings is 4. The van der Waals surface area contributed by atoms with E-state index in [1.165, 1.54) is 44.2 Å². The number of rotatable bonds is 4. The Hall–Kier alpha value is -4.30. The van der Waals surface area contributed by atoms with Crippen LogP contribution in [0.2, 0.25) is 0 Å². The second-order valence-electron chi connectivity index (χ2n) is 9.69. The van der Waals surface area contributed by atoms with Gasteiger partial charge in [-0.2, -0.15) is 0 Å². The summed E-state index contributed by atoms with van der Waals surface area (Å²) >= 11 is 0. The molecule has 0 amide bonds. The van der Waals surface area contributed by atoms with Gasteiger partial charge >= 0.3 is 0 Å². The Morgan fingerprint density at radius 3 is 1.28 bits per heavy atom. The molecule has 0 spiro atoms. The van der Waals surface area contributed by atoms with E-state index in [4.69, 9.17) is 9.97 Å². The van der Waals surface area contributed by atoms with Crippen molar-refractivity contribution in [2.75, 3.05) is 0 Å². The van der Waals surface area contributed by atoms with Crippen molar-refractivity contribution in [3.8, 4) is 11.4 Å². The number of hydrogen-bond acceptors (Lipinski definition) is 2. The molecule has 0 saturated carbocycles. The largest absolute Gasteiger partial charge is 0.246 e. The van der Waals surface area contributed by atoms with Crippen molar-refractivity contribution in [2.24, 2.45) is 0 Å². The maximum absolute atomic E-state index is 5.25. The first kappa shape index (κ1) is 21.0. The molecule has 0 radical (unpaired) electrons. The maximum Gasteiger partial charge on any atom is 0.0932 e. The highest BCUT2D eigenvalue weighted by atomic mass is 14.8. The van der Waals surface area contributed by atoms with Gasteiger partial charge in [-0.05, 0) is 71.2 Å². The van der Waals surface area contributed by atoms with E-state index in [2.05, 4.69) is 109 Å². The van der Waals surface area contributed by atoms with E-state index in [-0.39, 0.29) is 0 Å². The third-order valence-electron chi connectivity index (χ3n) is 7.52. The predicted molar refractivity (Wildman–Crippen MR) is 148 cm³/mol. The molecule has 0 aliphatic heterocycles. The smallest absolute Gasteiger partial charge is 0.0932 e. The quantitative estimate of drug-likeness (QED) is 0.268. The fourth-order valence-corrected chi connectivity index (χ4v) is 5.82. The first-order valence-corrected chi connectivity index (χ1v) is 12.7. The van der Waals surface area contributed by atoms with Gasteiger partial charge < -0.3 is 0 Å². The van der Waals surface area contributed by atoms with Gasteiger partial charge in [0.15, 0.2) is 0 Å². The minimum atomic E-state index is 0.909. The van der Waals surface area contributed by atoms with Crippen LogP contribution >= 0.6 is 0 Å². The van der Waals surface area contributed by atoms with Crippen molar-refractivity contribution in [2.45, 2.75) is 25.7 Å². The minimum absolute atomic E-state index is 0.909. The van der Waals surface area contributed by atoms with Gasteiger partial charge in [-0.3, -0.25) is 0 Å². The molecule has 1 aliphatic rings. The van der Waals surface area contributed by atoms with E-state index in [1.807, 2.05) is 0 Å². The molecule has 7 rings (SSSR count). The van der Waals surface area contributed by atoms with Crippen molar-refractivity contribution in [1.29, 1.82) is 0 Å². The monoisotopic (exact) mass is 462 g/mol. The predicted octanol–water partition coefficient (Wildman–Crippen LogP) is 7.73. The summed E-state index contributed by atoms with van der Waals surface area (Å²) in [5.74, 6) is 0. The van der Waals surface area contributed by atoms with Gasteiger partial charge in [0.25, 0.3) is 0 Å². The van der Waals surface area contributed by atoms with Gasteiger partial charge in [0.2, 0.25) is 0 Å². The van der Waals surface area contributed by atoms with Crippen LogP contribution in [0.1, 0.15) is 33.4 Å². The molecule has 0 bridgehead atoms. The molecular formula is C34H26N2. The third kappa shape index (κ3) is 3.58. The molecule has 172 valence electrons. The Labute approximate surface area is 211 Å². The Bertz CT molecular complexity index is 1590. The molecule has 6 aromatic rings. The van der Waals surface area contributed by atoms with Crippen LogP contribution in [0.4, 0.5) is 0 Å². The van der Waals surface area contributed by atoms with E-state index in [9.17, 15) is 0 Å².